The van der Waals surface area contributed by atoms with Gasteiger partial charge in [-0.25, -0.2) is 17.8 Å². The maximum atomic E-state index is 13.5. The van der Waals surface area contributed by atoms with Gasteiger partial charge in [-0.3, -0.25) is 0 Å². The van der Waals surface area contributed by atoms with Gasteiger partial charge in [0.2, 0.25) is 0 Å². The Kier molecular flexibility index (Phi) is 11.8. The zero-order valence-electron chi connectivity index (χ0n) is 25.1. The van der Waals surface area contributed by atoms with E-state index in [1.54, 1.807) is 30.5 Å². The maximum absolute atomic E-state index is 13.5. The zero-order valence-corrected chi connectivity index (χ0v) is 26.6. The lowest BCUT2D eigenvalue weighted by Crippen LogP contribution is -2.21. The van der Waals surface area contributed by atoms with E-state index in [4.69, 9.17) is 25.7 Å². The zero-order chi connectivity index (χ0) is 31.5. The quantitative estimate of drug-likeness (QED) is 0.0829. The van der Waals surface area contributed by atoms with Crippen LogP contribution in [0.3, 0.4) is 0 Å². The number of sulfone groups is 1. The molecular weight excluding hydrogens is 601 g/mol. The van der Waals surface area contributed by atoms with E-state index < -0.39 is 9.84 Å². The Labute approximate surface area is 263 Å². The summed E-state index contributed by atoms with van der Waals surface area (Å²) in [6.45, 7) is 5.09. The highest BCUT2D eigenvalue weighted by Gasteiger charge is 2.13. The molecule has 4 rings (SSSR count). The number of nitrogens with one attached hydrogen (secondary N) is 2. The van der Waals surface area contributed by atoms with Gasteiger partial charge in [0.25, 0.3) is 0 Å². The van der Waals surface area contributed by atoms with E-state index in [-0.39, 0.29) is 18.2 Å². The second kappa shape index (κ2) is 15.7. The average molecular weight is 638 g/mol. The third-order valence-electron chi connectivity index (χ3n) is 6.63. The number of aliphatic imine (C=N–C) groups is 1. The minimum Gasteiger partial charge on any atom is -0.487 e. The Balaban J connectivity index is 1.53. The summed E-state index contributed by atoms with van der Waals surface area (Å²) in [6.07, 6.45) is 6.96. The molecule has 1 aromatic heterocycles. The highest BCUT2D eigenvalue weighted by atomic mass is 35.5. The van der Waals surface area contributed by atoms with Crippen molar-refractivity contribution in [1.82, 2.24) is 5.32 Å². The molecule has 0 atom stereocenters. The lowest BCUT2D eigenvalue weighted by molar-refractivity contribution is 0.306. The predicted molar refractivity (Wildman–Crippen MR) is 177 cm³/mol. The van der Waals surface area contributed by atoms with Crippen LogP contribution in [0.5, 0.6) is 5.75 Å². The van der Waals surface area contributed by atoms with Gasteiger partial charge in [0, 0.05) is 35.8 Å². The topological polar surface area (TPSA) is 92.9 Å². The van der Waals surface area contributed by atoms with E-state index in [9.17, 15) is 12.8 Å². The third-order valence-corrected chi connectivity index (χ3v) is 7.87. The van der Waals surface area contributed by atoms with Crippen molar-refractivity contribution in [1.29, 1.82) is 0 Å². The summed E-state index contributed by atoms with van der Waals surface area (Å²) in [7, 11) is -3.03. The number of benzene rings is 3. The van der Waals surface area contributed by atoms with Crippen molar-refractivity contribution in [3.8, 4) is 17.1 Å². The average Bonchev–Trinajstić information content (AvgIpc) is 3.45. The van der Waals surface area contributed by atoms with Crippen molar-refractivity contribution in [2.45, 2.75) is 39.8 Å². The fourth-order valence-electron chi connectivity index (χ4n) is 4.29. The number of furan rings is 1. The molecule has 4 aromatic rings. The van der Waals surface area contributed by atoms with Gasteiger partial charge in [-0.05, 0) is 73.0 Å². The normalized spacial score (nSPS) is 12.2. The first-order chi connectivity index (χ1) is 21.1. The summed E-state index contributed by atoms with van der Waals surface area (Å²) in [5.74, 6) is 2.27. The molecule has 0 aliphatic carbocycles. The van der Waals surface area contributed by atoms with Gasteiger partial charge in [-0.2, -0.15) is 0 Å². The van der Waals surface area contributed by atoms with Crippen LogP contribution in [0, 0.1) is 12.7 Å². The number of hydrogen-bond donors (Lipinski definition) is 2. The maximum Gasteiger partial charge on any atom is 0.148 e. The summed E-state index contributed by atoms with van der Waals surface area (Å²) in [4.78, 5) is 4.76. The first kappa shape index (κ1) is 33.0. The summed E-state index contributed by atoms with van der Waals surface area (Å²) in [5, 5.41) is 6.93. The fourth-order valence-corrected chi connectivity index (χ4v) is 5.04. The van der Waals surface area contributed by atoms with Crippen LogP contribution in [0.1, 0.15) is 42.2 Å². The highest BCUT2D eigenvalue weighted by molar-refractivity contribution is 7.90. The molecule has 0 fully saturated rings. The number of aryl methyl sites for hydroxylation is 1. The van der Waals surface area contributed by atoms with Crippen LogP contribution < -0.4 is 15.4 Å². The molecular formula is C34H37ClFN3O4S. The van der Waals surface area contributed by atoms with Crippen LogP contribution in [0.15, 0.2) is 94.5 Å². The van der Waals surface area contributed by atoms with Crippen LogP contribution in [0.2, 0.25) is 5.02 Å². The number of nitrogens with zero attached hydrogens (tertiary/aromatic N) is 1. The van der Waals surface area contributed by atoms with E-state index in [2.05, 4.69) is 17.6 Å². The van der Waals surface area contributed by atoms with Gasteiger partial charge in [0.15, 0.2) is 0 Å². The molecule has 0 saturated carbocycles. The van der Waals surface area contributed by atoms with Gasteiger partial charge in [0.05, 0.1) is 17.3 Å². The number of unbranched alkanes of at least 4 members (excludes halogenated alkanes) is 1. The van der Waals surface area contributed by atoms with Crippen molar-refractivity contribution in [3.63, 3.8) is 0 Å². The Morgan fingerprint density at radius 1 is 1.09 bits per heavy atom. The predicted octanol–water partition coefficient (Wildman–Crippen LogP) is 7.93. The minimum absolute atomic E-state index is 0.0690. The lowest BCUT2D eigenvalue weighted by atomic mass is 10.0. The molecule has 10 heteroatoms. The standard InChI is InChI=1S/C34H37ClFN3O4S/c1-4-5-6-16-38-34(39-28-12-14-33(31(35)21-28)42-23-25-8-7-9-27(36)19-25)30-20-26(11-10-24(30)2)32-15-13-29(43-32)22-37-17-18-44(3,40)41/h6-16,19-21,37H,4-5,17-18,22-23H2,1-3H3,(H,38,39). The van der Waals surface area contributed by atoms with Crippen molar-refractivity contribution in [3.05, 3.63) is 118 Å². The Morgan fingerprint density at radius 3 is 2.68 bits per heavy atom. The molecule has 0 aliphatic heterocycles. The van der Waals surface area contributed by atoms with Crippen LogP contribution >= 0.6 is 11.6 Å². The van der Waals surface area contributed by atoms with E-state index in [1.165, 1.54) is 18.4 Å². The van der Waals surface area contributed by atoms with Crippen LogP contribution in [0.4, 0.5) is 10.1 Å². The minimum atomic E-state index is -3.03. The molecule has 7 nitrogen and oxygen atoms in total. The molecule has 0 saturated heterocycles. The van der Waals surface area contributed by atoms with Crippen LogP contribution in [-0.2, 0) is 23.0 Å². The van der Waals surface area contributed by atoms with Crippen molar-refractivity contribution < 1.29 is 22.0 Å². The molecule has 3 aromatic carbocycles. The molecule has 0 bridgehead atoms. The van der Waals surface area contributed by atoms with Crippen LogP contribution in [-0.4, -0.2) is 32.8 Å². The van der Waals surface area contributed by atoms with E-state index in [0.29, 0.717) is 46.8 Å². The summed E-state index contributed by atoms with van der Waals surface area (Å²) < 4.78 is 48.2. The monoisotopic (exact) mass is 637 g/mol. The summed E-state index contributed by atoms with van der Waals surface area (Å²) >= 11 is 6.57. The number of hydrogen-bond acceptors (Lipinski definition) is 6. The number of anilines is 1. The molecule has 1 heterocycles. The van der Waals surface area contributed by atoms with Gasteiger partial charge >= 0.3 is 0 Å². The molecule has 232 valence electrons. The fraction of sp³-hybridized carbons (Fsp3) is 0.265. The number of halogens is 2. The van der Waals surface area contributed by atoms with Crippen molar-refractivity contribution >= 4 is 33.0 Å². The van der Waals surface area contributed by atoms with Crippen molar-refractivity contribution in [2.75, 3.05) is 23.9 Å². The van der Waals surface area contributed by atoms with Gasteiger partial charge in [0.1, 0.15) is 45.4 Å². The van der Waals surface area contributed by atoms with Crippen LogP contribution in [0.25, 0.3) is 11.3 Å². The second-order valence-electron chi connectivity index (χ2n) is 10.4. The van der Waals surface area contributed by atoms with Gasteiger partial charge < -0.3 is 19.8 Å². The summed E-state index contributed by atoms with van der Waals surface area (Å²) in [5.41, 5.74) is 4.20. The highest BCUT2D eigenvalue weighted by Crippen LogP contribution is 2.30. The van der Waals surface area contributed by atoms with E-state index in [0.717, 1.165) is 35.2 Å². The first-order valence-electron chi connectivity index (χ1n) is 14.4. The molecule has 0 aliphatic rings. The molecule has 44 heavy (non-hydrogen) atoms. The number of allylic oxidation sites excluding steroid dienone is 1. The number of amidine groups is 1. The SMILES string of the molecule is CCCC=CN=C(Nc1ccc(OCc2cccc(F)c2)c(Cl)c1)c1cc(-c2ccc(CNCCS(C)(=O)=O)o2)ccc1C. The first-order valence-corrected chi connectivity index (χ1v) is 16.8. The van der Waals surface area contributed by atoms with E-state index in [1.807, 2.05) is 49.4 Å². The van der Waals surface area contributed by atoms with E-state index >= 15 is 0 Å². The van der Waals surface area contributed by atoms with Gasteiger partial charge in [-0.15, -0.1) is 0 Å². The number of rotatable bonds is 14. The molecule has 2 N–H and O–H groups in total. The number of ether oxygens (including phenoxy) is 1. The smallest absolute Gasteiger partial charge is 0.148 e. The molecule has 0 spiro atoms. The Hall–Kier alpha value is -3.92. The van der Waals surface area contributed by atoms with Crippen molar-refractivity contribution in [2.24, 2.45) is 4.99 Å². The third kappa shape index (κ3) is 10.1. The Bertz CT molecular complexity index is 1730. The second-order valence-corrected chi connectivity index (χ2v) is 13.1. The molecule has 0 amide bonds. The lowest BCUT2D eigenvalue weighted by Gasteiger charge is -2.15. The largest absolute Gasteiger partial charge is 0.487 e. The summed E-state index contributed by atoms with van der Waals surface area (Å²) in [6, 6.07) is 21.4. The van der Waals surface area contributed by atoms with Gasteiger partial charge in [-0.1, -0.05) is 55.3 Å². The molecule has 0 unspecified atom stereocenters. The Morgan fingerprint density at radius 2 is 1.93 bits per heavy atom. The molecule has 0 radical (unpaired) electrons.